The molecule has 1 saturated heterocycles. The molecule has 104 valence electrons. The van der Waals surface area contributed by atoms with Gasteiger partial charge < -0.3 is 10.1 Å². The van der Waals surface area contributed by atoms with Crippen LogP contribution in [0.2, 0.25) is 0 Å². The van der Waals surface area contributed by atoms with E-state index < -0.39 is 0 Å². The lowest BCUT2D eigenvalue weighted by molar-refractivity contribution is 0.261. The summed E-state index contributed by atoms with van der Waals surface area (Å²) in [6.45, 7) is 7.39. The summed E-state index contributed by atoms with van der Waals surface area (Å²) in [7, 11) is 0. The standard InChI is InChI=1S/C15H22N2OS/c1-2-13-11-17(7-9-19-13)10-12-4-3-5-14-15(12)18-8-6-16-14/h3-5,13,16H,2,6-11H2,1H3. The highest BCUT2D eigenvalue weighted by atomic mass is 32.2. The molecular weight excluding hydrogens is 256 g/mol. The van der Waals surface area contributed by atoms with Crippen LogP contribution in [0, 0.1) is 0 Å². The predicted molar refractivity (Wildman–Crippen MR) is 82.2 cm³/mol. The molecule has 2 aliphatic rings. The van der Waals surface area contributed by atoms with Crippen molar-refractivity contribution in [1.29, 1.82) is 0 Å². The van der Waals surface area contributed by atoms with E-state index in [2.05, 4.69) is 47.1 Å². The monoisotopic (exact) mass is 278 g/mol. The van der Waals surface area contributed by atoms with Crippen LogP contribution < -0.4 is 10.1 Å². The number of anilines is 1. The summed E-state index contributed by atoms with van der Waals surface area (Å²) in [5.41, 5.74) is 2.48. The number of ether oxygens (including phenoxy) is 1. The van der Waals surface area contributed by atoms with Crippen molar-refractivity contribution in [3.63, 3.8) is 0 Å². The number of hydrogen-bond acceptors (Lipinski definition) is 4. The number of nitrogens with zero attached hydrogens (tertiary/aromatic N) is 1. The van der Waals surface area contributed by atoms with Crippen LogP contribution in [0.1, 0.15) is 18.9 Å². The number of hydrogen-bond donors (Lipinski definition) is 1. The van der Waals surface area contributed by atoms with Crippen molar-refractivity contribution >= 4 is 17.4 Å². The molecule has 0 bridgehead atoms. The van der Waals surface area contributed by atoms with E-state index in [4.69, 9.17) is 4.74 Å². The third-order valence-corrected chi connectivity index (χ3v) is 5.20. The lowest BCUT2D eigenvalue weighted by Crippen LogP contribution is -2.37. The number of nitrogens with one attached hydrogen (secondary N) is 1. The molecule has 1 N–H and O–H groups in total. The lowest BCUT2D eigenvalue weighted by Gasteiger charge is -2.32. The van der Waals surface area contributed by atoms with E-state index >= 15 is 0 Å². The van der Waals surface area contributed by atoms with Crippen molar-refractivity contribution in [2.75, 3.05) is 37.3 Å². The fraction of sp³-hybridized carbons (Fsp3) is 0.600. The van der Waals surface area contributed by atoms with Gasteiger partial charge in [0.1, 0.15) is 12.4 Å². The van der Waals surface area contributed by atoms with Gasteiger partial charge >= 0.3 is 0 Å². The molecule has 0 radical (unpaired) electrons. The number of rotatable bonds is 3. The number of fused-ring (bicyclic) bond motifs is 1. The van der Waals surface area contributed by atoms with Gasteiger partial charge in [0.2, 0.25) is 0 Å². The third kappa shape index (κ3) is 3.00. The fourth-order valence-corrected chi connectivity index (χ4v) is 4.02. The van der Waals surface area contributed by atoms with Crippen LogP contribution in [-0.2, 0) is 6.54 Å². The van der Waals surface area contributed by atoms with Crippen LogP contribution >= 0.6 is 11.8 Å². The minimum Gasteiger partial charge on any atom is -0.489 e. The van der Waals surface area contributed by atoms with Crippen molar-refractivity contribution in [2.24, 2.45) is 0 Å². The van der Waals surface area contributed by atoms with Gasteiger partial charge in [0.15, 0.2) is 0 Å². The second-order valence-corrected chi connectivity index (χ2v) is 6.61. The second-order valence-electron chi connectivity index (χ2n) is 5.21. The van der Waals surface area contributed by atoms with Crippen LogP contribution in [-0.4, -0.2) is 42.1 Å². The zero-order chi connectivity index (χ0) is 13.1. The van der Waals surface area contributed by atoms with Crippen LogP contribution in [0.25, 0.3) is 0 Å². The maximum atomic E-state index is 5.85. The smallest absolute Gasteiger partial charge is 0.146 e. The van der Waals surface area contributed by atoms with E-state index in [1.807, 2.05) is 0 Å². The Morgan fingerprint density at radius 1 is 1.47 bits per heavy atom. The molecule has 1 aromatic rings. The van der Waals surface area contributed by atoms with Gasteiger partial charge in [-0.1, -0.05) is 19.1 Å². The Balaban J connectivity index is 1.72. The van der Waals surface area contributed by atoms with Crippen molar-refractivity contribution in [3.05, 3.63) is 23.8 Å². The molecule has 2 heterocycles. The number of thioether (sulfide) groups is 1. The first-order chi connectivity index (χ1) is 9.36. The van der Waals surface area contributed by atoms with E-state index in [0.717, 1.165) is 36.4 Å². The average molecular weight is 278 g/mol. The summed E-state index contributed by atoms with van der Waals surface area (Å²) in [5, 5.41) is 4.21. The molecule has 1 aromatic carbocycles. The van der Waals surface area contributed by atoms with E-state index in [0.29, 0.717) is 0 Å². The first-order valence-corrected chi connectivity index (χ1v) is 8.24. The van der Waals surface area contributed by atoms with Gasteiger partial charge in [-0.15, -0.1) is 0 Å². The molecule has 19 heavy (non-hydrogen) atoms. The quantitative estimate of drug-likeness (QED) is 0.919. The fourth-order valence-electron chi connectivity index (χ4n) is 2.77. The Morgan fingerprint density at radius 3 is 3.32 bits per heavy atom. The van der Waals surface area contributed by atoms with E-state index in [1.54, 1.807) is 0 Å². The van der Waals surface area contributed by atoms with Crippen LogP contribution in [0.4, 0.5) is 5.69 Å². The molecule has 1 unspecified atom stereocenters. The van der Waals surface area contributed by atoms with E-state index in [9.17, 15) is 0 Å². The largest absolute Gasteiger partial charge is 0.489 e. The average Bonchev–Trinajstić information content (AvgIpc) is 2.48. The molecule has 3 nitrogen and oxygen atoms in total. The lowest BCUT2D eigenvalue weighted by atomic mass is 10.1. The van der Waals surface area contributed by atoms with Gasteiger partial charge in [0.25, 0.3) is 0 Å². The molecule has 1 fully saturated rings. The van der Waals surface area contributed by atoms with Crippen molar-refractivity contribution < 1.29 is 4.74 Å². The third-order valence-electron chi connectivity index (χ3n) is 3.83. The van der Waals surface area contributed by atoms with Crippen LogP contribution in [0.5, 0.6) is 5.75 Å². The zero-order valence-electron chi connectivity index (χ0n) is 11.5. The molecule has 3 rings (SSSR count). The Hall–Kier alpha value is -0.870. The van der Waals surface area contributed by atoms with E-state index in [-0.39, 0.29) is 0 Å². The number of para-hydroxylation sites is 1. The highest BCUT2D eigenvalue weighted by Crippen LogP contribution is 2.33. The molecule has 4 heteroatoms. The summed E-state index contributed by atoms with van der Waals surface area (Å²) < 4.78 is 5.85. The maximum Gasteiger partial charge on any atom is 0.146 e. The molecule has 0 saturated carbocycles. The van der Waals surface area contributed by atoms with E-state index in [1.165, 1.54) is 30.8 Å². The van der Waals surface area contributed by atoms with Crippen LogP contribution in [0.3, 0.4) is 0 Å². The highest BCUT2D eigenvalue weighted by Gasteiger charge is 2.21. The summed E-state index contributed by atoms with van der Waals surface area (Å²) in [5.74, 6) is 2.33. The van der Waals surface area contributed by atoms with Gasteiger partial charge in [0, 0.05) is 42.7 Å². The normalized spacial score (nSPS) is 23.3. The molecule has 1 atom stereocenters. The molecule has 0 aliphatic carbocycles. The van der Waals surface area contributed by atoms with Gasteiger partial charge in [-0.25, -0.2) is 0 Å². The van der Waals surface area contributed by atoms with Crippen LogP contribution in [0.15, 0.2) is 18.2 Å². The molecule has 0 spiro atoms. The Morgan fingerprint density at radius 2 is 2.42 bits per heavy atom. The SMILES string of the molecule is CCC1CN(Cc2cccc3c2OCCN3)CCS1. The number of benzene rings is 1. The molecule has 0 aromatic heterocycles. The Labute approximate surface area is 119 Å². The minimum absolute atomic E-state index is 0.775. The first-order valence-electron chi connectivity index (χ1n) is 7.19. The molecule has 0 amide bonds. The minimum atomic E-state index is 0.775. The maximum absolute atomic E-state index is 5.85. The first kappa shape index (κ1) is 13.1. The Kier molecular flexibility index (Phi) is 4.18. The predicted octanol–water partition coefficient (Wildman–Crippen LogP) is 2.82. The summed E-state index contributed by atoms with van der Waals surface area (Å²) in [6.07, 6.45) is 1.27. The van der Waals surface area contributed by atoms with Crippen molar-refractivity contribution in [3.8, 4) is 5.75 Å². The zero-order valence-corrected chi connectivity index (χ0v) is 12.3. The molecular formula is C15H22N2OS. The van der Waals surface area contributed by atoms with Gasteiger partial charge in [-0.05, 0) is 12.5 Å². The summed E-state index contributed by atoms with van der Waals surface area (Å²) in [4.78, 5) is 2.57. The van der Waals surface area contributed by atoms with Gasteiger partial charge in [-0.2, -0.15) is 11.8 Å². The van der Waals surface area contributed by atoms with Gasteiger partial charge in [0.05, 0.1) is 5.69 Å². The second kappa shape index (κ2) is 6.06. The summed E-state index contributed by atoms with van der Waals surface area (Å²) >= 11 is 2.12. The molecule has 2 aliphatic heterocycles. The van der Waals surface area contributed by atoms with Crippen molar-refractivity contribution in [1.82, 2.24) is 4.90 Å². The van der Waals surface area contributed by atoms with Crippen molar-refractivity contribution in [2.45, 2.75) is 25.1 Å². The van der Waals surface area contributed by atoms with Gasteiger partial charge in [-0.3, -0.25) is 4.90 Å². The Bertz CT molecular complexity index is 438. The topological polar surface area (TPSA) is 24.5 Å². The highest BCUT2D eigenvalue weighted by molar-refractivity contribution is 8.00. The summed E-state index contributed by atoms with van der Waals surface area (Å²) in [6, 6.07) is 6.44.